The minimum absolute atomic E-state index is 0.751. The van der Waals surface area contributed by atoms with E-state index in [1.54, 1.807) is 0 Å². The van der Waals surface area contributed by atoms with Crippen LogP contribution in [0.25, 0.3) is 0 Å². The molecule has 1 fully saturated rings. The number of nitrogen functional groups attached to an aromatic ring is 1. The molecule has 0 unspecified atom stereocenters. The van der Waals surface area contributed by atoms with Gasteiger partial charge in [-0.25, -0.2) is 0 Å². The minimum Gasteiger partial charge on any atom is -0.494 e. The molecule has 4 nitrogen and oxygen atoms in total. The molecule has 0 aromatic heterocycles. The van der Waals surface area contributed by atoms with E-state index >= 15 is 0 Å². The number of aryl methyl sites for hydroxylation is 1. The van der Waals surface area contributed by atoms with Crippen LogP contribution < -0.4 is 15.4 Å². The summed E-state index contributed by atoms with van der Waals surface area (Å²) in [5, 5.41) is 0. The maximum Gasteiger partial charge on any atom is 0.119 e. The highest BCUT2D eigenvalue weighted by atomic mass is 16.5. The van der Waals surface area contributed by atoms with Crippen LogP contribution in [0.15, 0.2) is 42.5 Å². The van der Waals surface area contributed by atoms with Gasteiger partial charge in [0.2, 0.25) is 0 Å². The molecule has 25 heavy (non-hydrogen) atoms. The predicted molar refractivity (Wildman–Crippen MR) is 106 cm³/mol. The van der Waals surface area contributed by atoms with Crippen molar-refractivity contribution in [3.63, 3.8) is 0 Å². The van der Waals surface area contributed by atoms with Gasteiger partial charge in [0.05, 0.1) is 6.61 Å². The van der Waals surface area contributed by atoms with Crippen LogP contribution >= 0.6 is 0 Å². The second kappa shape index (κ2) is 8.26. The van der Waals surface area contributed by atoms with Crippen molar-refractivity contribution in [2.45, 2.75) is 20.3 Å². The minimum atomic E-state index is 0.751. The molecule has 0 atom stereocenters. The van der Waals surface area contributed by atoms with Crippen LogP contribution in [0.5, 0.6) is 5.75 Å². The molecule has 1 heterocycles. The van der Waals surface area contributed by atoms with Gasteiger partial charge in [0, 0.05) is 44.1 Å². The number of benzene rings is 2. The fourth-order valence-electron chi connectivity index (χ4n) is 3.33. The molecular formula is C21H29N3O. The van der Waals surface area contributed by atoms with E-state index in [1.807, 2.05) is 24.3 Å². The van der Waals surface area contributed by atoms with Gasteiger partial charge in [0.15, 0.2) is 0 Å². The summed E-state index contributed by atoms with van der Waals surface area (Å²) < 4.78 is 5.78. The molecule has 134 valence electrons. The third-order valence-electron chi connectivity index (χ3n) is 5.06. The first-order valence-corrected chi connectivity index (χ1v) is 9.15. The molecule has 0 radical (unpaired) electrons. The highest BCUT2D eigenvalue weighted by Crippen LogP contribution is 2.23. The first-order valence-electron chi connectivity index (χ1n) is 9.15. The smallest absolute Gasteiger partial charge is 0.119 e. The standard InChI is InChI=1S/C21H29N3O/c1-17-5-3-6-21(18(17)2)24-14-12-23(13-15-24)11-4-16-25-20-9-7-19(22)8-10-20/h3,5-10H,4,11-16,22H2,1-2H3. The van der Waals surface area contributed by atoms with Crippen molar-refractivity contribution in [1.29, 1.82) is 0 Å². The molecule has 0 saturated carbocycles. The zero-order chi connectivity index (χ0) is 17.6. The molecule has 0 bridgehead atoms. The largest absolute Gasteiger partial charge is 0.494 e. The molecule has 3 rings (SSSR count). The van der Waals surface area contributed by atoms with Gasteiger partial charge in [-0.2, -0.15) is 0 Å². The van der Waals surface area contributed by atoms with Crippen molar-refractivity contribution in [2.24, 2.45) is 0 Å². The summed E-state index contributed by atoms with van der Waals surface area (Å²) in [5.41, 5.74) is 10.6. The fourth-order valence-corrected chi connectivity index (χ4v) is 3.33. The normalized spacial score (nSPS) is 15.4. The summed E-state index contributed by atoms with van der Waals surface area (Å²) in [4.78, 5) is 5.05. The molecule has 2 aromatic carbocycles. The second-order valence-electron chi connectivity index (χ2n) is 6.82. The van der Waals surface area contributed by atoms with Crippen LogP contribution in [-0.4, -0.2) is 44.2 Å². The van der Waals surface area contributed by atoms with Crippen molar-refractivity contribution in [3.05, 3.63) is 53.6 Å². The van der Waals surface area contributed by atoms with E-state index in [9.17, 15) is 0 Å². The average molecular weight is 339 g/mol. The lowest BCUT2D eigenvalue weighted by molar-refractivity contribution is 0.224. The molecule has 4 heteroatoms. The Morgan fingerprint density at radius 2 is 1.68 bits per heavy atom. The van der Waals surface area contributed by atoms with Crippen LogP contribution in [0.2, 0.25) is 0 Å². The van der Waals surface area contributed by atoms with Crippen molar-refractivity contribution in [1.82, 2.24) is 4.90 Å². The van der Waals surface area contributed by atoms with Crippen LogP contribution in [0, 0.1) is 13.8 Å². The molecule has 2 N–H and O–H groups in total. The summed E-state index contributed by atoms with van der Waals surface area (Å²) in [6.45, 7) is 10.7. The molecular weight excluding hydrogens is 310 g/mol. The number of rotatable bonds is 6. The van der Waals surface area contributed by atoms with Crippen molar-refractivity contribution in [3.8, 4) is 5.75 Å². The number of hydrogen-bond donors (Lipinski definition) is 1. The quantitative estimate of drug-likeness (QED) is 0.646. The molecule has 0 amide bonds. The predicted octanol–water partition coefficient (Wildman–Crippen LogP) is 3.48. The van der Waals surface area contributed by atoms with E-state index < -0.39 is 0 Å². The monoisotopic (exact) mass is 339 g/mol. The Balaban J connectivity index is 1.39. The van der Waals surface area contributed by atoms with E-state index in [4.69, 9.17) is 10.5 Å². The topological polar surface area (TPSA) is 41.7 Å². The second-order valence-corrected chi connectivity index (χ2v) is 6.82. The Labute approximate surface area is 151 Å². The number of nitrogens with two attached hydrogens (primary N) is 1. The van der Waals surface area contributed by atoms with Gasteiger partial charge >= 0.3 is 0 Å². The summed E-state index contributed by atoms with van der Waals surface area (Å²) in [7, 11) is 0. The van der Waals surface area contributed by atoms with Gasteiger partial charge < -0.3 is 15.4 Å². The fraction of sp³-hybridized carbons (Fsp3) is 0.429. The van der Waals surface area contributed by atoms with E-state index in [1.165, 1.54) is 16.8 Å². The zero-order valence-corrected chi connectivity index (χ0v) is 15.4. The highest BCUT2D eigenvalue weighted by Gasteiger charge is 2.18. The third kappa shape index (κ3) is 4.67. The Morgan fingerprint density at radius 3 is 2.40 bits per heavy atom. The van der Waals surface area contributed by atoms with Crippen LogP contribution in [-0.2, 0) is 0 Å². The molecule has 2 aromatic rings. The Bertz CT molecular complexity index is 676. The first-order chi connectivity index (χ1) is 12.1. The lowest BCUT2D eigenvalue weighted by atomic mass is 10.1. The number of ether oxygens (including phenoxy) is 1. The van der Waals surface area contributed by atoms with Gasteiger partial charge in [-0.3, -0.25) is 4.90 Å². The molecule has 1 saturated heterocycles. The average Bonchev–Trinajstić information content (AvgIpc) is 2.63. The summed E-state index contributed by atoms with van der Waals surface area (Å²) in [6.07, 6.45) is 1.05. The van der Waals surface area contributed by atoms with E-state index in [0.717, 1.165) is 57.2 Å². The summed E-state index contributed by atoms with van der Waals surface area (Å²) in [5.74, 6) is 0.897. The van der Waals surface area contributed by atoms with Gasteiger partial charge in [0.1, 0.15) is 5.75 Å². The third-order valence-corrected chi connectivity index (χ3v) is 5.06. The van der Waals surface area contributed by atoms with E-state index in [2.05, 4.69) is 41.8 Å². The Morgan fingerprint density at radius 1 is 0.960 bits per heavy atom. The van der Waals surface area contributed by atoms with Crippen molar-refractivity contribution < 1.29 is 4.74 Å². The Hall–Kier alpha value is -2.20. The lowest BCUT2D eigenvalue weighted by Gasteiger charge is -2.37. The number of nitrogens with zero attached hydrogens (tertiary/aromatic N) is 2. The maximum absolute atomic E-state index is 5.78. The van der Waals surface area contributed by atoms with E-state index in [-0.39, 0.29) is 0 Å². The van der Waals surface area contributed by atoms with Crippen molar-refractivity contribution in [2.75, 3.05) is 50.0 Å². The summed E-state index contributed by atoms with van der Waals surface area (Å²) >= 11 is 0. The zero-order valence-electron chi connectivity index (χ0n) is 15.4. The van der Waals surface area contributed by atoms with Gasteiger partial charge in [-0.1, -0.05) is 12.1 Å². The first kappa shape index (κ1) is 17.6. The molecule has 1 aliphatic rings. The van der Waals surface area contributed by atoms with Gasteiger partial charge in [0.25, 0.3) is 0 Å². The summed E-state index contributed by atoms with van der Waals surface area (Å²) in [6, 6.07) is 14.2. The lowest BCUT2D eigenvalue weighted by Crippen LogP contribution is -2.47. The Kier molecular flexibility index (Phi) is 5.82. The number of hydrogen-bond acceptors (Lipinski definition) is 4. The van der Waals surface area contributed by atoms with Crippen molar-refractivity contribution >= 4 is 11.4 Å². The van der Waals surface area contributed by atoms with Crippen LogP contribution in [0.1, 0.15) is 17.5 Å². The van der Waals surface area contributed by atoms with Crippen LogP contribution in [0.4, 0.5) is 11.4 Å². The van der Waals surface area contributed by atoms with Gasteiger partial charge in [-0.15, -0.1) is 0 Å². The van der Waals surface area contributed by atoms with Crippen LogP contribution in [0.3, 0.4) is 0 Å². The number of anilines is 2. The highest BCUT2D eigenvalue weighted by molar-refractivity contribution is 5.56. The molecule has 0 aliphatic carbocycles. The molecule has 1 aliphatic heterocycles. The number of piperazine rings is 1. The van der Waals surface area contributed by atoms with E-state index in [0.29, 0.717) is 0 Å². The SMILES string of the molecule is Cc1cccc(N2CCN(CCCOc3ccc(N)cc3)CC2)c1C. The van der Waals surface area contributed by atoms with Gasteiger partial charge in [-0.05, 0) is 61.7 Å². The maximum atomic E-state index is 5.78. The molecule has 0 spiro atoms.